The van der Waals surface area contributed by atoms with Crippen LogP contribution in [0.25, 0.3) is 0 Å². The summed E-state index contributed by atoms with van der Waals surface area (Å²) in [5.74, 6) is -0.235. The van der Waals surface area contributed by atoms with Gasteiger partial charge in [0.15, 0.2) is 0 Å². The zero-order valence-electron chi connectivity index (χ0n) is 11.8. The largest absolute Gasteiger partial charge is 0.389 e. The lowest BCUT2D eigenvalue weighted by Crippen LogP contribution is -2.42. The molecule has 0 spiro atoms. The molecule has 0 bridgehead atoms. The van der Waals surface area contributed by atoms with E-state index in [-0.39, 0.29) is 11.9 Å². The summed E-state index contributed by atoms with van der Waals surface area (Å²) in [5, 5.41) is 10.7. The van der Waals surface area contributed by atoms with Crippen molar-refractivity contribution < 1.29 is 14.2 Å². The molecule has 1 fully saturated rings. The zero-order valence-corrected chi connectivity index (χ0v) is 11.8. The number of hydrogen-bond donors (Lipinski definition) is 1. The van der Waals surface area contributed by atoms with Crippen LogP contribution < -0.4 is 0 Å². The Bertz CT molecular complexity index is 431. The number of rotatable bonds is 4. The maximum absolute atomic E-state index is 13.3. The normalized spacial score (nSPS) is 27.5. The standard InChI is InChI=1S/C16H23FO2/c1-3-4-15-11-16(18,7-8-19-15)10-13-9-14(17)6-5-12(13)2/h5-6,9,15,18H,3-4,7-8,10-11H2,1-2H3. The van der Waals surface area contributed by atoms with Gasteiger partial charge in [-0.15, -0.1) is 0 Å². The Kier molecular flexibility index (Phi) is 4.58. The van der Waals surface area contributed by atoms with E-state index in [2.05, 4.69) is 6.92 Å². The van der Waals surface area contributed by atoms with Gasteiger partial charge in [-0.3, -0.25) is 0 Å². The fourth-order valence-electron chi connectivity index (χ4n) is 2.85. The Hall–Kier alpha value is -0.930. The molecule has 0 radical (unpaired) electrons. The van der Waals surface area contributed by atoms with Crippen LogP contribution in [0.4, 0.5) is 4.39 Å². The van der Waals surface area contributed by atoms with Gasteiger partial charge >= 0.3 is 0 Å². The number of hydrogen-bond acceptors (Lipinski definition) is 2. The van der Waals surface area contributed by atoms with E-state index in [0.29, 0.717) is 25.9 Å². The van der Waals surface area contributed by atoms with Gasteiger partial charge in [0.1, 0.15) is 5.82 Å². The summed E-state index contributed by atoms with van der Waals surface area (Å²) in [7, 11) is 0. The molecule has 2 unspecified atom stereocenters. The van der Waals surface area contributed by atoms with E-state index < -0.39 is 5.60 Å². The van der Waals surface area contributed by atoms with E-state index in [1.54, 1.807) is 6.07 Å². The third kappa shape index (κ3) is 3.77. The lowest BCUT2D eigenvalue weighted by Gasteiger charge is -2.37. The van der Waals surface area contributed by atoms with Crippen LogP contribution in [0.5, 0.6) is 0 Å². The summed E-state index contributed by atoms with van der Waals surface area (Å²) in [6, 6.07) is 4.78. The lowest BCUT2D eigenvalue weighted by molar-refractivity contribution is -0.105. The molecule has 2 rings (SSSR count). The van der Waals surface area contributed by atoms with Gasteiger partial charge < -0.3 is 9.84 Å². The second-order valence-electron chi connectivity index (χ2n) is 5.71. The molecule has 1 heterocycles. The summed E-state index contributed by atoms with van der Waals surface area (Å²) in [6.07, 6.45) is 3.96. The lowest BCUT2D eigenvalue weighted by atomic mass is 9.82. The summed E-state index contributed by atoms with van der Waals surface area (Å²) in [4.78, 5) is 0. The SMILES string of the molecule is CCCC1CC(O)(Cc2cc(F)ccc2C)CCO1. The van der Waals surface area contributed by atoms with Gasteiger partial charge in [-0.05, 0) is 43.0 Å². The van der Waals surface area contributed by atoms with Gasteiger partial charge in [0.05, 0.1) is 11.7 Å². The Morgan fingerprint density at radius 3 is 3.00 bits per heavy atom. The molecule has 19 heavy (non-hydrogen) atoms. The third-order valence-electron chi connectivity index (χ3n) is 3.97. The van der Waals surface area contributed by atoms with Crippen molar-refractivity contribution in [3.63, 3.8) is 0 Å². The number of halogens is 1. The van der Waals surface area contributed by atoms with Crippen LogP contribution in [-0.2, 0) is 11.2 Å². The van der Waals surface area contributed by atoms with Gasteiger partial charge in [-0.25, -0.2) is 4.39 Å². The van der Waals surface area contributed by atoms with Crippen LogP contribution in [-0.4, -0.2) is 23.4 Å². The average molecular weight is 266 g/mol. The number of aliphatic hydroxyl groups is 1. The first-order chi connectivity index (χ1) is 9.02. The zero-order chi connectivity index (χ0) is 13.9. The maximum atomic E-state index is 13.3. The van der Waals surface area contributed by atoms with Crippen molar-refractivity contribution in [1.29, 1.82) is 0 Å². The third-order valence-corrected chi connectivity index (χ3v) is 3.97. The predicted molar refractivity (Wildman–Crippen MR) is 73.7 cm³/mol. The predicted octanol–water partition coefficient (Wildman–Crippen LogP) is 3.39. The van der Waals surface area contributed by atoms with Gasteiger partial charge in [-0.1, -0.05) is 19.4 Å². The van der Waals surface area contributed by atoms with Crippen LogP contribution >= 0.6 is 0 Å². The van der Waals surface area contributed by atoms with Crippen LogP contribution in [0, 0.1) is 12.7 Å². The summed E-state index contributed by atoms with van der Waals surface area (Å²) < 4.78 is 19.0. The molecule has 2 nitrogen and oxygen atoms in total. The van der Waals surface area contributed by atoms with Crippen LogP contribution in [0.15, 0.2) is 18.2 Å². The van der Waals surface area contributed by atoms with Crippen molar-refractivity contribution in [2.45, 2.75) is 57.7 Å². The Morgan fingerprint density at radius 2 is 2.26 bits per heavy atom. The first-order valence-corrected chi connectivity index (χ1v) is 7.11. The summed E-state index contributed by atoms with van der Waals surface area (Å²) in [6.45, 7) is 4.67. The minimum atomic E-state index is -0.753. The molecule has 0 amide bonds. The fourth-order valence-corrected chi connectivity index (χ4v) is 2.85. The maximum Gasteiger partial charge on any atom is 0.123 e. The van der Waals surface area contributed by atoms with Crippen LogP contribution in [0.3, 0.4) is 0 Å². The molecule has 0 saturated carbocycles. The van der Waals surface area contributed by atoms with Crippen molar-refractivity contribution in [3.8, 4) is 0 Å². The molecule has 0 aromatic heterocycles. The summed E-state index contributed by atoms with van der Waals surface area (Å²) >= 11 is 0. The molecule has 1 saturated heterocycles. The molecule has 1 aromatic carbocycles. The highest BCUT2D eigenvalue weighted by Gasteiger charge is 2.35. The Morgan fingerprint density at radius 1 is 1.47 bits per heavy atom. The molecular weight excluding hydrogens is 243 g/mol. The molecule has 106 valence electrons. The fraction of sp³-hybridized carbons (Fsp3) is 0.625. The topological polar surface area (TPSA) is 29.5 Å². The summed E-state index contributed by atoms with van der Waals surface area (Å²) in [5.41, 5.74) is 1.18. The molecule has 3 heteroatoms. The molecule has 1 N–H and O–H groups in total. The smallest absolute Gasteiger partial charge is 0.123 e. The van der Waals surface area contributed by atoms with E-state index in [9.17, 15) is 9.50 Å². The second kappa shape index (κ2) is 6.02. The number of aryl methyl sites for hydroxylation is 1. The molecule has 2 atom stereocenters. The Labute approximate surface area is 114 Å². The molecular formula is C16H23FO2. The molecule has 1 aromatic rings. The van der Waals surface area contributed by atoms with E-state index in [0.717, 1.165) is 24.0 Å². The number of benzene rings is 1. The Balaban J connectivity index is 2.09. The number of ether oxygens (including phenoxy) is 1. The van der Waals surface area contributed by atoms with Crippen molar-refractivity contribution >= 4 is 0 Å². The van der Waals surface area contributed by atoms with Gasteiger partial charge in [0, 0.05) is 19.4 Å². The van der Waals surface area contributed by atoms with E-state index >= 15 is 0 Å². The van der Waals surface area contributed by atoms with Gasteiger partial charge in [0.25, 0.3) is 0 Å². The average Bonchev–Trinajstić information content (AvgIpc) is 2.34. The molecule has 1 aliphatic heterocycles. The van der Waals surface area contributed by atoms with E-state index in [4.69, 9.17) is 4.74 Å². The minimum absolute atomic E-state index is 0.137. The van der Waals surface area contributed by atoms with Crippen LogP contribution in [0.1, 0.15) is 43.7 Å². The van der Waals surface area contributed by atoms with Crippen molar-refractivity contribution in [2.75, 3.05) is 6.61 Å². The first-order valence-electron chi connectivity index (χ1n) is 7.11. The minimum Gasteiger partial charge on any atom is -0.389 e. The van der Waals surface area contributed by atoms with E-state index in [1.807, 2.05) is 6.92 Å². The quantitative estimate of drug-likeness (QED) is 0.905. The second-order valence-corrected chi connectivity index (χ2v) is 5.71. The van der Waals surface area contributed by atoms with Gasteiger partial charge in [-0.2, -0.15) is 0 Å². The first kappa shape index (κ1) is 14.5. The highest BCUT2D eigenvalue weighted by Crippen LogP contribution is 2.31. The van der Waals surface area contributed by atoms with Crippen molar-refractivity contribution in [1.82, 2.24) is 0 Å². The monoisotopic (exact) mass is 266 g/mol. The highest BCUT2D eigenvalue weighted by atomic mass is 19.1. The molecule has 0 aliphatic carbocycles. The van der Waals surface area contributed by atoms with Crippen molar-refractivity contribution in [3.05, 3.63) is 35.1 Å². The van der Waals surface area contributed by atoms with Gasteiger partial charge in [0.2, 0.25) is 0 Å². The van der Waals surface area contributed by atoms with Crippen molar-refractivity contribution in [2.24, 2.45) is 0 Å². The molecule has 1 aliphatic rings. The van der Waals surface area contributed by atoms with Crippen LogP contribution in [0.2, 0.25) is 0 Å². The highest BCUT2D eigenvalue weighted by molar-refractivity contribution is 5.28. The van der Waals surface area contributed by atoms with E-state index in [1.165, 1.54) is 12.1 Å².